The molecular weight excluding hydrogens is 456 g/mol. The molecule has 0 amide bonds. The van der Waals surface area contributed by atoms with Crippen LogP contribution in [-0.4, -0.2) is 54.6 Å². The minimum atomic E-state index is -3.62. The molecule has 0 aliphatic carbocycles. The van der Waals surface area contributed by atoms with E-state index in [4.69, 9.17) is 40.8 Å². The average molecular weight is 494 g/mol. The van der Waals surface area contributed by atoms with Gasteiger partial charge in [0.05, 0.1) is 13.2 Å². The lowest BCUT2D eigenvalue weighted by atomic mass is 9.94. The smallest absolute Gasteiger partial charge is 0.350 e. The summed E-state index contributed by atoms with van der Waals surface area (Å²) in [5, 5.41) is 1.54. The fourth-order valence-corrected chi connectivity index (χ4v) is 6.01. The standard InChI is InChI=1S/C18H38Cl2NO6PSi/c1-11-25-28(23,26-12-2)16(17(4,5)6)21(18(7,8)9)27-14(3)15(22)24-13-29(10,19)20/h14,16H,11-13H2,1-10H3. The number of carbonyl (C=O) groups is 1. The van der Waals surface area contributed by atoms with Crippen molar-refractivity contribution in [2.45, 2.75) is 86.3 Å². The highest BCUT2D eigenvalue weighted by molar-refractivity contribution is 7.54. The lowest BCUT2D eigenvalue weighted by Gasteiger charge is -2.47. The van der Waals surface area contributed by atoms with Gasteiger partial charge in [-0.25, -0.2) is 4.79 Å². The third-order valence-electron chi connectivity index (χ3n) is 3.65. The summed E-state index contributed by atoms with van der Waals surface area (Å²) >= 11 is 12.0. The second kappa shape index (κ2) is 11.3. The molecule has 11 heteroatoms. The quantitative estimate of drug-likeness (QED) is 0.120. The summed E-state index contributed by atoms with van der Waals surface area (Å²) < 4.78 is 30.2. The van der Waals surface area contributed by atoms with Crippen molar-refractivity contribution in [3.63, 3.8) is 0 Å². The van der Waals surface area contributed by atoms with E-state index in [0.717, 1.165) is 0 Å². The summed E-state index contributed by atoms with van der Waals surface area (Å²) in [7, 11) is -3.62. The van der Waals surface area contributed by atoms with Gasteiger partial charge in [-0.05, 0) is 53.5 Å². The maximum Gasteiger partial charge on any atom is 0.350 e. The Balaban J connectivity index is 5.96. The molecular formula is C18H38Cl2NO6PSi. The fourth-order valence-electron chi connectivity index (χ4n) is 2.60. The van der Waals surface area contributed by atoms with Gasteiger partial charge in [-0.2, -0.15) is 5.06 Å². The molecule has 2 atom stereocenters. The molecule has 0 N–H and O–H groups in total. The van der Waals surface area contributed by atoms with Crippen LogP contribution >= 0.6 is 29.8 Å². The number of ether oxygens (including phenoxy) is 1. The highest BCUT2D eigenvalue weighted by Crippen LogP contribution is 2.60. The summed E-state index contributed by atoms with van der Waals surface area (Å²) in [4.78, 5) is 18.5. The van der Waals surface area contributed by atoms with E-state index in [1.54, 1.807) is 32.4 Å². The van der Waals surface area contributed by atoms with Gasteiger partial charge in [-0.1, -0.05) is 20.8 Å². The van der Waals surface area contributed by atoms with E-state index in [-0.39, 0.29) is 19.4 Å². The van der Waals surface area contributed by atoms with Gasteiger partial charge in [0.25, 0.3) is 6.69 Å². The van der Waals surface area contributed by atoms with Crippen LogP contribution in [0.3, 0.4) is 0 Å². The molecule has 0 aromatic carbocycles. The topological polar surface area (TPSA) is 74.3 Å². The summed E-state index contributed by atoms with van der Waals surface area (Å²) in [5.74, 6) is -1.37. The van der Waals surface area contributed by atoms with Gasteiger partial charge >= 0.3 is 13.6 Å². The lowest BCUT2D eigenvalue weighted by Crippen LogP contribution is -2.55. The second-order valence-electron chi connectivity index (χ2n) is 9.04. The van der Waals surface area contributed by atoms with Gasteiger partial charge in [0.2, 0.25) is 0 Å². The van der Waals surface area contributed by atoms with E-state index in [2.05, 4.69) is 0 Å². The SMILES string of the molecule is CCOP(=O)(OCC)C(N(OC(C)C(=O)OC[Si](C)(Cl)Cl)C(C)(C)C)C(C)(C)C. The molecule has 0 aliphatic rings. The molecule has 0 saturated heterocycles. The van der Waals surface area contributed by atoms with E-state index in [1.807, 2.05) is 41.5 Å². The number of hydrogen-bond acceptors (Lipinski definition) is 7. The average Bonchev–Trinajstić information content (AvgIpc) is 2.49. The van der Waals surface area contributed by atoms with Crippen LogP contribution in [0.25, 0.3) is 0 Å². The fraction of sp³-hybridized carbons (Fsp3) is 0.944. The second-order valence-corrected chi connectivity index (χ2v) is 19.1. The molecule has 174 valence electrons. The van der Waals surface area contributed by atoms with Crippen molar-refractivity contribution < 1.29 is 28.0 Å². The molecule has 2 unspecified atom stereocenters. The van der Waals surface area contributed by atoms with E-state index in [1.165, 1.54) is 0 Å². The Morgan fingerprint density at radius 1 is 1.07 bits per heavy atom. The summed E-state index contributed by atoms with van der Waals surface area (Å²) in [6, 6.07) is 0. The highest BCUT2D eigenvalue weighted by atomic mass is 35.7. The maximum absolute atomic E-state index is 13.7. The largest absolute Gasteiger partial charge is 0.464 e. The van der Waals surface area contributed by atoms with Gasteiger partial charge in [-0.3, -0.25) is 9.40 Å². The van der Waals surface area contributed by atoms with Crippen molar-refractivity contribution in [3.8, 4) is 0 Å². The molecule has 29 heavy (non-hydrogen) atoms. The van der Waals surface area contributed by atoms with Crippen LogP contribution < -0.4 is 0 Å². The Morgan fingerprint density at radius 2 is 1.52 bits per heavy atom. The first-order valence-electron chi connectivity index (χ1n) is 9.78. The Kier molecular flexibility index (Phi) is 11.4. The predicted molar refractivity (Wildman–Crippen MR) is 121 cm³/mol. The van der Waals surface area contributed by atoms with Crippen LogP contribution in [0.2, 0.25) is 6.55 Å². The molecule has 7 nitrogen and oxygen atoms in total. The van der Waals surface area contributed by atoms with Gasteiger partial charge < -0.3 is 13.8 Å². The first-order valence-corrected chi connectivity index (χ1v) is 16.1. The van der Waals surface area contributed by atoms with E-state index in [0.29, 0.717) is 0 Å². The van der Waals surface area contributed by atoms with Crippen molar-refractivity contribution >= 4 is 42.4 Å². The van der Waals surface area contributed by atoms with Crippen LogP contribution in [0.1, 0.15) is 62.3 Å². The Labute approximate surface area is 186 Å². The van der Waals surface area contributed by atoms with Crippen molar-refractivity contribution in [3.05, 3.63) is 0 Å². The van der Waals surface area contributed by atoms with Crippen molar-refractivity contribution in [1.82, 2.24) is 5.06 Å². The molecule has 0 aromatic rings. The Bertz CT molecular complexity index is 564. The van der Waals surface area contributed by atoms with E-state index >= 15 is 0 Å². The summed E-state index contributed by atoms with van der Waals surface area (Å²) in [5.41, 5.74) is -1.19. The molecule has 0 spiro atoms. The molecule has 0 saturated carbocycles. The van der Waals surface area contributed by atoms with E-state index < -0.39 is 43.1 Å². The lowest BCUT2D eigenvalue weighted by molar-refractivity contribution is -0.263. The Morgan fingerprint density at radius 3 is 1.83 bits per heavy atom. The predicted octanol–water partition coefficient (Wildman–Crippen LogP) is 5.68. The van der Waals surface area contributed by atoms with Crippen LogP contribution in [0.4, 0.5) is 0 Å². The number of hydroxylamine groups is 2. The number of halogens is 2. The minimum Gasteiger partial charge on any atom is -0.464 e. The van der Waals surface area contributed by atoms with Gasteiger partial charge in [0, 0.05) is 5.54 Å². The van der Waals surface area contributed by atoms with Crippen molar-refractivity contribution in [2.24, 2.45) is 5.41 Å². The molecule has 0 rings (SSSR count). The number of carbonyl (C=O) groups excluding carboxylic acids is 1. The van der Waals surface area contributed by atoms with Crippen LogP contribution in [0.15, 0.2) is 0 Å². The molecule has 0 fully saturated rings. The van der Waals surface area contributed by atoms with Gasteiger partial charge in [0.1, 0.15) is 12.0 Å². The highest BCUT2D eigenvalue weighted by Gasteiger charge is 2.52. The van der Waals surface area contributed by atoms with Crippen molar-refractivity contribution in [2.75, 3.05) is 19.4 Å². The summed E-state index contributed by atoms with van der Waals surface area (Å²) in [6.45, 7) is 16.0. The number of nitrogens with zero attached hydrogens (tertiary/aromatic N) is 1. The number of hydrogen-bond donors (Lipinski definition) is 0. The normalized spacial score (nSPS) is 16.0. The third-order valence-corrected chi connectivity index (χ3v) is 7.77. The Hall–Kier alpha value is 0.337. The molecule has 0 aromatic heterocycles. The summed E-state index contributed by atoms with van der Waals surface area (Å²) in [6.07, 6.45) is -1.02. The van der Waals surface area contributed by atoms with Crippen LogP contribution in [-0.2, 0) is 28.0 Å². The monoisotopic (exact) mass is 493 g/mol. The first kappa shape index (κ1) is 29.3. The molecule has 0 radical (unpaired) electrons. The van der Waals surface area contributed by atoms with Gasteiger partial charge in [0.15, 0.2) is 6.10 Å². The zero-order valence-electron chi connectivity index (χ0n) is 19.4. The number of esters is 1. The van der Waals surface area contributed by atoms with E-state index in [9.17, 15) is 9.36 Å². The number of rotatable bonds is 11. The van der Waals surface area contributed by atoms with Crippen molar-refractivity contribution in [1.29, 1.82) is 0 Å². The molecule has 0 heterocycles. The van der Waals surface area contributed by atoms with Crippen LogP contribution in [0, 0.1) is 5.41 Å². The van der Waals surface area contributed by atoms with Gasteiger partial charge in [-0.15, -0.1) is 22.2 Å². The maximum atomic E-state index is 13.7. The molecule has 0 bridgehead atoms. The zero-order chi connectivity index (χ0) is 23.3. The minimum absolute atomic E-state index is 0.0444. The first-order chi connectivity index (χ1) is 12.9. The zero-order valence-corrected chi connectivity index (χ0v) is 22.8. The van der Waals surface area contributed by atoms with Crippen LogP contribution in [0.5, 0.6) is 0 Å². The third kappa shape index (κ3) is 10.00. The molecule has 0 aliphatic heterocycles.